The summed E-state index contributed by atoms with van der Waals surface area (Å²) in [6.45, 7) is 9.29. The van der Waals surface area contributed by atoms with Crippen LogP contribution in [0.2, 0.25) is 0 Å². The SMILES string of the molecule is C.CC.CO[C@@H]1C[C@H]2COc3ccn4ncc(c4n3)-c3cc(N=C(C)/C(C)=C\N)cc(c3)NCCN2C1=O.[HH]. The molecule has 2 aromatic heterocycles. The maximum Gasteiger partial charge on any atom is 0.252 e. The van der Waals surface area contributed by atoms with Crippen LogP contribution >= 0.6 is 0 Å². The standard InChI is InChI=1S/C25H29N7O3.C2H6.CH4.H2/c1-15(12-26)16(2)29-19-9-17-8-18(10-19)27-5-7-31-20(11-22(34-3)25(31)33)14-35-23-4-6-32-24(30-23)21(17)13-28-32;1-2;;/h4,6,8-10,12-13,20,22,27H,5,7,11,14,26H2,1-3H3;1-2H3;1H4;1H/b15-12-,29-16?;;;/t20-,22+;;;/m0.../s1. The van der Waals surface area contributed by atoms with Gasteiger partial charge in [-0.05, 0) is 49.4 Å². The zero-order valence-electron chi connectivity index (χ0n) is 22.1. The second kappa shape index (κ2) is 12.6. The minimum Gasteiger partial charge on any atom is -0.475 e. The first-order valence-corrected chi connectivity index (χ1v) is 12.6. The number of hydrogen-bond acceptors (Lipinski definition) is 8. The summed E-state index contributed by atoms with van der Waals surface area (Å²) in [7, 11) is 1.57. The van der Waals surface area contributed by atoms with E-state index in [9.17, 15) is 4.79 Å². The molecule has 1 amide bonds. The lowest BCUT2D eigenvalue weighted by atomic mass is 10.1. The molecule has 5 rings (SSSR count). The highest BCUT2D eigenvalue weighted by molar-refractivity contribution is 5.99. The van der Waals surface area contributed by atoms with E-state index in [0.29, 0.717) is 37.6 Å². The molecule has 2 atom stereocenters. The first kappa shape index (κ1) is 28.6. The van der Waals surface area contributed by atoms with Crippen LogP contribution in [0.25, 0.3) is 16.8 Å². The molecule has 38 heavy (non-hydrogen) atoms. The topological polar surface area (TPSA) is 119 Å². The lowest BCUT2D eigenvalue weighted by Gasteiger charge is -2.25. The molecule has 3 N–H and O–H groups in total. The highest BCUT2D eigenvalue weighted by Gasteiger charge is 2.39. The molecule has 0 radical (unpaired) electrons. The maximum atomic E-state index is 12.9. The minimum absolute atomic E-state index is 0. The summed E-state index contributed by atoms with van der Waals surface area (Å²) in [4.78, 5) is 24.2. The summed E-state index contributed by atoms with van der Waals surface area (Å²) < 4.78 is 13.2. The third-order valence-corrected chi connectivity index (χ3v) is 6.57. The molecule has 0 spiro atoms. The Morgan fingerprint density at radius 2 is 2.11 bits per heavy atom. The Bertz CT molecular complexity index is 1340. The Morgan fingerprint density at radius 1 is 1.32 bits per heavy atom. The van der Waals surface area contributed by atoms with Gasteiger partial charge in [-0.3, -0.25) is 9.79 Å². The fourth-order valence-electron chi connectivity index (χ4n) is 4.46. The molecule has 1 fully saturated rings. The number of nitrogens with two attached hydrogens (primary N) is 1. The molecule has 4 bridgehead atoms. The molecular weight excluding hydrogens is 482 g/mol. The van der Waals surface area contributed by atoms with Crippen molar-refractivity contribution in [3.63, 3.8) is 0 Å². The van der Waals surface area contributed by atoms with Crippen molar-refractivity contribution in [1.82, 2.24) is 19.5 Å². The van der Waals surface area contributed by atoms with Crippen molar-refractivity contribution in [2.75, 3.05) is 32.1 Å². The summed E-state index contributed by atoms with van der Waals surface area (Å²) in [6.07, 6.45) is 5.29. The molecular formula is C28H41N7O3. The smallest absolute Gasteiger partial charge is 0.252 e. The van der Waals surface area contributed by atoms with Gasteiger partial charge in [0.2, 0.25) is 5.88 Å². The first-order chi connectivity index (χ1) is 18.0. The minimum atomic E-state index is -0.456. The molecule has 2 aliphatic heterocycles. The van der Waals surface area contributed by atoms with Gasteiger partial charge in [0.25, 0.3) is 5.91 Å². The number of nitrogens with zero attached hydrogens (tertiary/aromatic N) is 5. The number of carbonyl (C=O) groups is 1. The predicted molar refractivity (Wildman–Crippen MR) is 154 cm³/mol. The molecule has 1 saturated heterocycles. The van der Waals surface area contributed by atoms with Crippen LogP contribution in [0.5, 0.6) is 5.88 Å². The van der Waals surface area contributed by atoms with Gasteiger partial charge in [0.15, 0.2) is 5.65 Å². The van der Waals surface area contributed by atoms with E-state index in [1.165, 1.54) is 0 Å². The Balaban J connectivity index is 0.00000130. The van der Waals surface area contributed by atoms with Gasteiger partial charge in [-0.2, -0.15) is 10.1 Å². The van der Waals surface area contributed by atoms with Crippen molar-refractivity contribution in [3.8, 4) is 17.0 Å². The second-order valence-corrected chi connectivity index (χ2v) is 8.79. The van der Waals surface area contributed by atoms with Crippen molar-refractivity contribution in [2.24, 2.45) is 10.7 Å². The summed E-state index contributed by atoms with van der Waals surface area (Å²) in [5.74, 6) is 0.465. The third-order valence-electron chi connectivity index (χ3n) is 6.57. The number of rotatable bonds is 3. The molecule has 2 aliphatic rings. The van der Waals surface area contributed by atoms with Crippen LogP contribution in [0.15, 0.2) is 53.4 Å². The Kier molecular flexibility index (Phi) is 9.46. The summed E-state index contributed by atoms with van der Waals surface area (Å²) in [5, 5.41) is 7.93. The number of nitrogens with one attached hydrogen (secondary N) is 1. The normalized spacial score (nSPS) is 19.5. The zero-order chi connectivity index (χ0) is 26.5. The van der Waals surface area contributed by atoms with Crippen molar-refractivity contribution >= 4 is 28.6 Å². The van der Waals surface area contributed by atoms with E-state index < -0.39 is 6.10 Å². The zero-order valence-corrected chi connectivity index (χ0v) is 22.1. The number of carbonyl (C=O) groups excluding carboxylic acids is 1. The molecule has 206 valence electrons. The van der Waals surface area contributed by atoms with Crippen molar-refractivity contribution in [2.45, 2.75) is 53.7 Å². The average Bonchev–Trinajstić information content (AvgIpc) is 3.47. The van der Waals surface area contributed by atoms with Crippen LogP contribution < -0.4 is 15.8 Å². The van der Waals surface area contributed by atoms with E-state index in [1.807, 2.05) is 57.0 Å². The molecule has 4 heterocycles. The second-order valence-electron chi connectivity index (χ2n) is 8.79. The van der Waals surface area contributed by atoms with Crippen LogP contribution in [0.1, 0.15) is 43.0 Å². The largest absolute Gasteiger partial charge is 0.475 e. The van der Waals surface area contributed by atoms with Gasteiger partial charge in [-0.25, -0.2) is 4.52 Å². The van der Waals surface area contributed by atoms with Crippen LogP contribution in [-0.4, -0.2) is 70.1 Å². The number of benzene rings is 1. The van der Waals surface area contributed by atoms with Gasteiger partial charge >= 0.3 is 0 Å². The average molecular weight is 524 g/mol. The predicted octanol–water partition coefficient (Wildman–Crippen LogP) is 4.68. The van der Waals surface area contributed by atoms with E-state index in [4.69, 9.17) is 25.2 Å². The van der Waals surface area contributed by atoms with E-state index in [0.717, 1.165) is 33.8 Å². The van der Waals surface area contributed by atoms with Gasteiger partial charge in [0, 0.05) is 57.3 Å². The van der Waals surface area contributed by atoms with Gasteiger partial charge < -0.3 is 25.4 Å². The number of amides is 1. The van der Waals surface area contributed by atoms with Crippen molar-refractivity contribution in [3.05, 3.63) is 48.4 Å². The number of hydrogen-bond donors (Lipinski definition) is 2. The van der Waals surface area contributed by atoms with Gasteiger partial charge in [-0.1, -0.05) is 21.3 Å². The monoisotopic (exact) mass is 523 g/mol. The van der Waals surface area contributed by atoms with Crippen LogP contribution in [0.4, 0.5) is 11.4 Å². The lowest BCUT2D eigenvalue weighted by molar-refractivity contribution is -0.136. The number of anilines is 1. The number of allylic oxidation sites excluding steroid dienone is 1. The van der Waals surface area contributed by atoms with Crippen molar-refractivity contribution < 1.29 is 15.7 Å². The first-order valence-electron chi connectivity index (χ1n) is 12.6. The third kappa shape index (κ3) is 5.80. The lowest BCUT2D eigenvalue weighted by Crippen LogP contribution is -2.41. The maximum absolute atomic E-state index is 12.9. The molecule has 0 aliphatic carbocycles. The number of fused-ring (bicyclic) bond motifs is 5. The molecule has 0 unspecified atom stereocenters. The highest BCUT2D eigenvalue weighted by atomic mass is 16.5. The van der Waals surface area contributed by atoms with Crippen LogP contribution in [0.3, 0.4) is 0 Å². The fourth-order valence-corrected chi connectivity index (χ4v) is 4.46. The van der Waals surface area contributed by atoms with Gasteiger partial charge in [-0.15, -0.1) is 0 Å². The molecule has 10 nitrogen and oxygen atoms in total. The summed E-state index contributed by atoms with van der Waals surface area (Å²) in [6, 6.07) is 7.71. The fraction of sp³-hybridized carbons (Fsp3) is 0.429. The van der Waals surface area contributed by atoms with E-state index in [-0.39, 0.29) is 20.8 Å². The van der Waals surface area contributed by atoms with Crippen LogP contribution in [-0.2, 0) is 9.53 Å². The molecule has 1 aromatic carbocycles. The van der Waals surface area contributed by atoms with Gasteiger partial charge in [0.05, 0.1) is 17.9 Å². The molecule has 10 heteroatoms. The summed E-state index contributed by atoms with van der Waals surface area (Å²) in [5.41, 5.74) is 11.5. The van der Waals surface area contributed by atoms with E-state index >= 15 is 0 Å². The quantitative estimate of drug-likeness (QED) is 0.478. The Hall–Kier alpha value is -3.92. The Labute approximate surface area is 226 Å². The number of methoxy groups -OCH3 is 1. The van der Waals surface area contributed by atoms with Crippen LogP contribution in [0, 0.1) is 0 Å². The van der Waals surface area contributed by atoms with E-state index in [1.54, 1.807) is 30.1 Å². The van der Waals surface area contributed by atoms with E-state index in [2.05, 4.69) is 10.4 Å². The van der Waals surface area contributed by atoms with Crippen molar-refractivity contribution in [1.29, 1.82) is 0 Å². The number of aliphatic imine (C=N–C) groups is 1. The molecule has 0 saturated carbocycles. The summed E-state index contributed by atoms with van der Waals surface area (Å²) >= 11 is 0. The number of ether oxygens (including phenoxy) is 2. The Morgan fingerprint density at radius 3 is 2.84 bits per heavy atom. The van der Waals surface area contributed by atoms with Gasteiger partial charge in [0.1, 0.15) is 12.7 Å². The number of aromatic nitrogens is 3. The molecule has 3 aromatic rings. The highest BCUT2D eigenvalue weighted by Crippen LogP contribution is 2.32.